The summed E-state index contributed by atoms with van der Waals surface area (Å²) in [4.78, 5) is 23.4. The molecule has 0 amide bonds. The number of aromatic carboxylic acids is 1. The van der Waals surface area contributed by atoms with E-state index in [4.69, 9.17) is 10.9 Å². The number of carbonyl (C=O) groups is 2. The fourth-order valence-electron chi connectivity index (χ4n) is 1.41. The summed E-state index contributed by atoms with van der Waals surface area (Å²) in [5, 5.41) is 12.3. The Kier molecular flexibility index (Phi) is 2.61. The number of benzene rings is 1. The van der Waals surface area contributed by atoms with Crippen LogP contribution in [0.4, 0.5) is 0 Å². The number of aromatic nitrogens is 2. The molecule has 6 heteroatoms. The fraction of sp³-hybridized carbons (Fsp3) is 0. The highest BCUT2D eigenvalue weighted by Crippen LogP contribution is 2.09. The highest BCUT2D eigenvalue weighted by Gasteiger charge is 2.18. The van der Waals surface area contributed by atoms with Crippen molar-refractivity contribution < 1.29 is 14.7 Å². The van der Waals surface area contributed by atoms with Gasteiger partial charge in [0.25, 0.3) is 0 Å². The minimum absolute atomic E-state index is 0.0357. The number of nitrogens with two attached hydrogens (primary N) is 1. The van der Waals surface area contributed by atoms with Crippen LogP contribution >= 0.6 is 0 Å². The first-order chi connectivity index (χ1) is 8.09. The van der Waals surface area contributed by atoms with Crippen LogP contribution in [0, 0.1) is 0 Å². The average molecular weight is 231 g/mol. The van der Waals surface area contributed by atoms with Crippen molar-refractivity contribution in [1.82, 2.24) is 9.89 Å². The second-order valence-corrected chi connectivity index (χ2v) is 3.36. The Morgan fingerprint density at radius 3 is 2.41 bits per heavy atom. The maximum atomic E-state index is 12.0. The van der Waals surface area contributed by atoms with E-state index in [1.54, 1.807) is 30.3 Å². The monoisotopic (exact) mass is 231 g/mol. The molecule has 3 N–H and O–H groups in total. The normalized spacial score (nSPS) is 10.1. The van der Waals surface area contributed by atoms with Crippen molar-refractivity contribution in [2.24, 2.45) is 0 Å². The summed E-state index contributed by atoms with van der Waals surface area (Å²) in [6.45, 7) is 0. The highest BCUT2D eigenvalue weighted by atomic mass is 16.4. The Balaban J connectivity index is 2.41. The molecule has 6 nitrogen and oxygen atoms in total. The molecule has 0 radical (unpaired) electrons. The molecule has 0 aliphatic heterocycles. The van der Waals surface area contributed by atoms with Gasteiger partial charge < -0.3 is 10.9 Å². The van der Waals surface area contributed by atoms with Crippen LogP contribution < -0.4 is 5.84 Å². The molecule has 1 aromatic carbocycles. The van der Waals surface area contributed by atoms with Crippen molar-refractivity contribution >= 4 is 11.8 Å². The van der Waals surface area contributed by atoms with Gasteiger partial charge in [0, 0.05) is 11.6 Å². The molecule has 0 unspecified atom stereocenters. The maximum absolute atomic E-state index is 12.0. The first kappa shape index (κ1) is 10.9. The van der Waals surface area contributed by atoms with E-state index in [1.165, 1.54) is 0 Å². The van der Waals surface area contributed by atoms with Crippen LogP contribution in [-0.2, 0) is 0 Å². The topological polar surface area (TPSA) is 98.2 Å². The Morgan fingerprint density at radius 1 is 1.24 bits per heavy atom. The molecule has 0 fully saturated rings. The van der Waals surface area contributed by atoms with Crippen molar-refractivity contribution in [3.63, 3.8) is 0 Å². The van der Waals surface area contributed by atoms with Crippen LogP contribution in [0.15, 0.2) is 36.4 Å². The van der Waals surface area contributed by atoms with Gasteiger partial charge in [-0.15, -0.1) is 5.10 Å². The SMILES string of the molecule is Nn1nc(C(=O)O)cc1C(=O)c1ccccc1. The van der Waals surface area contributed by atoms with Gasteiger partial charge in [0.2, 0.25) is 5.78 Å². The summed E-state index contributed by atoms with van der Waals surface area (Å²) in [6.07, 6.45) is 0. The summed E-state index contributed by atoms with van der Waals surface area (Å²) >= 11 is 0. The van der Waals surface area contributed by atoms with Crippen molar-refractivity contribution in [2.75, 3.05) is 5.84 Å². The molecule has 1 heterocycles. The quantitative estimate of drug-likeness (QED) is 0.593. The number of carboxylic acids is 1. The lowest BCUT2D eigenvalue weighted by Crippen LogP contribution is -2.18. The zero-order valence-corrected chi connectivity index (χ0v) is 8.70. The summed E-state index contributed by atoms with van der Waals surface area (Å²) in [7, 11) is 0. The predicted octanol–water partition coefficient (Wildman–Crippen LogP) is 0.526. The van der Waals surface area contributed by atoms with E-state index in [9.17, 15) is 9.59 Å². The van der Waals surface area contributed by atoms with Gasteiger partial charge in [-0.2, -0.15) is 4.79 Å². The van der Waals surface area contributed by atoms with Crippen molar-refractivity contribution in [2.45, 2.75) is 0 Å². The molecule has 2 rings (SSSR count). The number of carbonyl (C=O) groups excluding carboxylic acids is 1. The second-order valence-electron chi connectivity index (χ2n) is 3.36. The van der Waals surface area contributed by atoms with Crippen molar-refractivity contribution in [3.8, 4) is 0 Å². The first-order valence-electron chi connectivity index (χ1n) is 4.78. The van der Waals surface area contributed by atoms with E-state index in [2.05, 4.69) is 5.10 Å². The molecular weight excluding hydrogens is 222 g/mol. The number of hydrogen-bond donors (Lipinski definition) is 2. The molecule has 0 aliphatic rings. The van der Waals surface area contributed by atoms with Gasteiger partial charge in [0.05, 0.1) is 0 Å². The molecule has 0 bridgehead atoms. The molecular formula is C11H9N3O3. The maximum Gasteiger partial charge on any atom is 0.356 e. The van der Waals surface area contributed by atoms with Gasteiger partial charge >= 0.3 is 5.97 Å². The van der Waals surface area contributed by atoms with Gasteiger partial charge in [-0.25, -0.2) is 4.79 Å². The summed E-state index contributed by atoms with van der Waals surface area (Å²) in [5.74, 6) is 3.85. The van der Waals surface area contributed by atoms with Crippen LogP contribution in [0.25, 0.3) is 0 Å². The van der Waals surface area contributed by atoms with E-state index in [1.807, 2.05) is 0 Å². The summed E-state index contributed by atoms with van der Waals surface area (Å²) in [5.41, 5.74) is 0.205. The summed E-state index contributed by atoms with van der Waals surface area (Å²) < 4.78 is 0. The number of hydrogen-bond acceptors (Lipinski definition) is 4. The molecule has 1 aromatic heterocycles. The average Bonchev–Trinajstić information content (AvgIpc) is 2.72. The lowest BCUT2D eigenvalue weighted by molar-refractivity contribution is 0.0689. The molecule has 86 valence electrons. The van der Waals surface area contributed by atoms with Gasteiger partial charge in [-0.05, 0) is 0 Å². The lowest BCUT2D eigenvalue weighted by atomic mass is 10.1. The fourth-order valence-corrected chi connectivity index (χ4v) is 1.41. The molecule has 0 spiro atoms. The third kappa shape index (κ3) is 2.00. The van der Waals surface area contributed by atoms with Crippen LogP contribution in [-0.4, -0.2) is 26.7 Å². The standard InChI is InChI=1S/C11H9N3O3/c12-14-9(6-8(13-14)11(16)17)10(15)7-4-2-1-3-5-7/h1-6H,12H2,(H,16,17). The Morgan fingerprint density at radius 2 is 1.88 bits per heavy atom. The van der Waals surface area contributed by atoms with Gasteiger partial charge in [-0.1, -0.05) is 30.3 Å². The molecule has 0 aliphatic carbocycles. The van der Waals surface area contributed by atoms with Crippen LogP contribution in [0.3, 0.4) is 0 Å². The number of ketones is 1. The van der Waals surface area contributed by atoms with E-state index >= 15 is 0 Å². The van der Waals surface area contributed by atoms with Gasteiger partial charge in [0.1, 0.15) is 5.69 Å². The molecule has 0 saturated heterocycles. The Hall–Kier alpha value is -2.63. The second kappa shape index (κ2) is 4.09. The predicted molar refractivity (Wildman–Crippen MR) is 59.2 cm³/mol. The van der Waals surface area contributed by atoms with Gasteiger partial charge in [0.15, 0.2) is 5.69 Å². The number of nitrogen functional groups attached to an aromatic ring is 1. The Bertz CT molecular complexity index is 575. The zero-order valence-electron chi connectivity index (χ0n) is 8.70. The third-order valence-corrected chi connectivity index (χ3v) is 2.22. The Labute approximate surface area is 96.3 Å². The van der Waals surface area contributed by atoms with E-state index < -0.39 is 5.97 Å². The molecule has 2 aromatic rings. The summed E-state index contributed by atoms with van der Waals surface area (Å²) in [6, 6.07) is 9.59. The molecule has 0 saturated carbocycles. The van der Waals surface area contributed by atoms with Crippen molar-refractivity contribution in [3.05, 3.63) is 53.3 Å². The lowest BCUT2D eigenvalue weighted by Gasteiger charge is -1.99. The minimum atomic E-state index is -1.23. The van der Waals surface area contributed by atoms with E-state index in [0.717, 1.165) is 10.9 Å². The molecule has 17 heavy (non-hydrogen) atoms. The number of rotatable bonds is 3. The smallest absolute Gasteiger partial charge is 0.356 e. The van der Waals surface area contributed by atoms with Gasteiger partial charge in [-0.3, -0.25) is 4.79 Å². The van der Waals surface area contributed by atoms with Crippen molar-refractivity contribution in [1.29, 1.82) is 0 Å². The largest absolute Gasteiger partial charge is 0.476 e. The van der Waals surface area contributed by atoms with E-state index in [0.29, 0.717) is 5.56 Å². The molecule has 0 atom stereocenters. The highest BCUT2D eigenvalue weighted by molar-refractivity contribution is 6.08. The first-order valence-corrected chi connectivity index (χ1v) is 4.78. The number of nitrogens with zero attached hydrogens (tertiary/aromatic N) is 2. The number of carboxylic acid groups (broad SMARTS) is 1. The van der Waals surface area contributed by atoms with Crippen LogP contribution in [0.5, 0.6) is 0 Å². The zero-order chi connectivity index (χ0) is 12.4. The van der Waals surface area contributed by atoms with E-state index in [-0.39, 0.29) is 17.2 Å². The van der Waals surface area contributed by atoms with Crippen LogP contribution in [0.1, 0.15) is 26.5 Å². The minimum Gasteiger partial charge on any atom is -0.476 e. The third-order valence-electron chi connectivity index (χ3n) is 2.22. The van der Waals surface area contributed by atoms with Crippen LogP contribution in [0.2, 0.25) is 0 Å².